The molecule has 0 fully saturated rings. The van der Waals surface area contributed by atoms with Gasteiger partial charge in [0.05, 0.1) is 126 Å². The normalized spacial score (nSPS) is 14.7. The third-order valence-corrected chi connectivity index (χ3v) is 17.8. The monoisotopic (exact) mass is 1380 g/mol. The van der Waals surface area contributed by atoms with E-state index in [0.717, 1.165) is 47.7 Å². The number of carboxylic acid groups (broad SMARTS) is 1. The van der Waals surface area contributed by atoms with E-state index in [-0.39, 0.29) is 54.4 Å². The maximum absolute atomic E-state index is 13.8. The second kappa shape index (κ2) is 30.7. The number of carbonyl (C=O) groups is 5. The largest absolute Gasteiger partial charge is 0.478 e. The number of nitrogens with two attached hydrogens (primary N) is 1. The lowest BCUT2D eigenvalue weighted by Crippen LogP contribution is -2.42. The number of carbonyl (C=O) groups excluding carboxylic acids is 4. The number of aldehydes is 1. The van der Waals surface area contributed by atoms with Crippen LogP contribution in [0.2, 0.25) is 50.2 Å². The maximum Gasteiger partial charge on any atom is 0.346 e. The molecule has 11 rings (SSSR count). The molecule has 3 aliphatic rings. The number of imidazole rings is 3. The fourth-order valence-corrected chi connectivity index (χ4v) is 11.4. The molecule has 0 bridgehead atoms. The van der Waals surface area contributed by atoms with Gasteiger partial charge in [0, 0.05) is 67.8 Å². The molecule has 0 spiro atoms. The summed E-state index contributed by atoms with van der Waals surface area (Å²) in [6, 6.07) is 21.4. The van der Waals surface area contributed by atoms with Crippen molar-refractivity contribution in [3.8, 4) is 0 Å². The van der Waals surface area contributed by atoms with Crippen LogP contribution in [-0.2, 0) is 24.0 Å². The molecule has 0 aliphatic carbocycles. The van der Waals surface area contributed by atoms with E-state index in [0.29, 0.717) is 79.1 Å². The van der Waals surface area contributed by atoms with Gasteiger partial charge in [0.2, 0.25) is 0 Å². The smallest absolute Gasteiger partial charge is 0.346 e. The van der Waals surface area contributed by atoms with Crippen molar-refractivity contribution in [1.29, 1.82) is 0 Å². The molecule has 87 heavy (non-hydrogen) atoms. The Morgan fingerprint density at radius 1 is 0.644 bits per heavy atom. The van der Waals surface area contributed by atoms with Gasteiger partial charge in [-0.2, -0.15) is 0 Å². The SMILES string of the molecule is CC(C)n1cnc(CCN)c1.CC(C)n1cnc2c1C(c1cccc(Cl)c1Cl)N(C(=O)c1cc(Cl)c(Cl)cc1C(=O)O)CC2.CC(C)n1cnc2c1C(c1cccc(Cl)c1Cl)NCC2.O=C1OC(=O)c2cc(Cl)c(Cl)cc21.O=Cc1cccc(Cl)c1Cl. The van der Waals surface area contributed by atoms with Crippen LogP contribution < -0.4 is 11.1 Å². The van der Waals surface area contributed by atoms with Crippen molar-refractivity contribution in [1.82, 2.24) is 38.9 Å². The lowest BCUT2D eigenvalue weighted by Gasteiger charge is -2.38. The Morgan fingerprint density at radius 2 is 1.15 bits per heavy atom. The number of amides is 1. The minimum atomic E-state index is -1.28. The van der Waals surface area contributed by atoms with Crippen molar-refractivity contribution < 1.29 is 33.8 Å². The first-order valence-electron chi connectivity index (χ1n) is 26.9. The number of aromatic nitrogens is 6. The molecule has 458 valence electrons. The molecule has 4 N–H and O–H groups in total. The number of nitrogens with zero attached hydrogens (tertiary/aromatic N) is 7. The first-order valence-corrected chi connectivity index (χ1v) is 30.7. The summed E-state index contributed by atoms with van der Waals surface area (Å²) in [6.45, 7) is 14.5. The lowest BCUT2D eigenvalue weighted by atomic mass is 9.93. The third-order valence-electron chi connectivity index (χ3n) is 13.9. The lowest BCUT2D eigenvalue weighted by molar-refractivity contribution is 0.0442. The predicted octanol–water partition coefficient (Wildman–Crippen LogP) is 16.6. The summed E-state index contributed by atoms with van der Waals surface area (Å²) in [5, 5.41) is 16.5. The van der Waals surface area contributed by atoms with E-state index in [2.05, 4.69) is 68.0 Å². The van der Waals surface area contributed by atoms with E-state index in [9.17, 15) is 29.1 Å². The van der Waals surface area contributed by atoms with Crippen molar-refractivity contribution in [2.45, 2.75) is 91.0 Å². The number of aromatic carboxylic acids is 1. The molecular formula is C61H57Cl10N9O7. The number of benzene rings is 5. The van der Waals surface area contributed by atoms with Crippen LogP contribution in [0.15, 0.2) is 104 Å². The summed E-state index contributed by atoms with van der Waals surface area (Å²) in [6.07, 6.45) is 10.6. The molecule has 3 aliphatic heterocycles. The quantitative estimate of drug-likeness (QED) is 0.0664. The van der Waals surface area contributed by atoms with E-state index in [1.807, 2.05) is 49.3 Å². The van der Waals surface area contributed by atoms with Gasteiger partial charge >= 0.3 is 17.9 Å². The van der Waals surface area contributed by atoms with E-state index in [4.69, 9.17) is 122 Å². The Morgan fingerprint density at radius 3 is 1.67 bits per heavy atom. The molecule has 0 radical (unpaired) electrons. The number of hydrogen-bond acceptors (Lipinski definition) is 11. The zero-order chi connectivity index (χ0) is 63.7. The number of rotatable bonds is 10. The van der Waals surface area contributed by atoms with Gasteiger partial charge in [-0.05, 0) is 96.1 Å². The molecule has 8 aromatic rings. The highest BCUT2D eigenvalue weighted by atomic mass is 35.5. The molecule has 6 heterocycles. The van der Waals surface area contributed by atoms with Gasteiger partial charge < -0.3 is 39.5 Å². The number of esters is 2. The van der Waals surface area contributed by atoms with Crippen LogP contribution in [0.1, 0.15) is 163 Å². The first-order chi connectivity index (χ1) is 41.3. The van der Waals surface area contributed by atoms with Crippen LogP contribution in [0, 0.1) is 0 Å². The van der Waals surface area contributed by atoms with Crippen LogP contribution in [-0.4, -0.2) is 88.4 Å². The minimum absolute atomic E-state index is 0.0508. The Hall–Kier alpha value is -5.70. The zero-order valence-corrected chi connectivity index (χ0v) is 55.0. The number of nitrogens with one attached hydrogen (secondary N) is 1. The molecule has 0 saturated heterocycles. The summed E-state index contributed by atoms with van der Waals surface area (Å²) in [5.74, 6) is -3.15. The molecule has 5 aromatic carbocycles. The van der Waals surface area contributed by atoms with E-state index in [1.54, 1.807) is 47.6 Å². The fourth-order valence-electron chi connectivity index (χ4n) is 9.53. The third kappa shape index (κ3) is 16.0. The number of carboxylic acids is 1. The van der Waals surface area contributed by atoms with Crippen molar-refractivity contribution in [2.24, 2.45) is 5.73 Å². The Balaban J connectivity index is 0.000000170. The molecule has 0 saturated carbocycles. The summed E-state index contributed by atoms with van der Waals surface area (Å²) in [5.41, 5.74) is 12.6. The number of hydrogen-bond donors (Lipinski definition) is 3. The highest BCUT2D eigenvalue weighted by molar-refractivity contribution is 6.45. The predicted molar refractivity (Wildman–Crippen MR) is 345 cm³/mol. The molecule has 26 heteroatoms. The van der Waals surface area contributed by atoms with Crippen molar-refractivity contribution in [3.63, 3.8) is 0 Å². The molecule has 1 amide bonds. The highest BCUT2D eigenvalue weighted by Crippen LogP contribution is 2.43. The second-order valence-corrected chi connectivity index (χ2v) is 24.5. The van der Waals surface area contributed by atoms with Crippen LogP contribution in [0.4, 0.5) is 0 Å². The van der Waals surface area contributed by atoms with Crippen LogP contribution in [0.25, 0.3) is 0 Å². The second-order valence-electron chi connectivity index (χ2n) is 20.5. The van der Waals surface area contributed by atoms with Gasteiger partial charge in [0.25, 0.3) is 5.91 Å². The molecule has 16 nitrogen and oxygen atoms in total. The summed E-state index contributed by atoms with van der Waals surface area (Å²) < 4.78 is 10.6. The Kier molecular flexibility index (Phi) is 24.3. The number of fused-ring (bicyclic) bond motifs is 3. The topological polar surface area (TPSA) is 210 Å². The van der Waals surface area contributed by atoms with Gasteiger partial charge in [0.1, 0.15) is 6.04 Å². The van der Waals surface area contributed by atoms with Crippen LogP contribution >= 0.6 is 116 Å². The van der Waals surface area contributed by atoms with Gasteiger partial charge in [-0.1, -0.05) is 152 Å². The summed E-state index contributed by atoms with van der Waals surface area (Å²) in [7, 11) is 0. The number of halogens is 10. The molecule has 3 aromatic heterocycles. The van der Waals surface area contributed by atoms with Gasteiger partial charge in [-0.3, -0.25) is 9.59 Å². The summed E-state index contributed by atoms with van der Waals surface area (Å²) in [4.78, 5) is 72.9. The van der Waals surface area contributed by atoms with Gasteiger partial charge in [0.15, 0.2) is 6.29 Å². The highest BCUT2D eigenvalue weighted by Gasteiger charge is 2.39. The molecular weight excluding hydrogens is 1330 g/mol. The standard InChI is InChI=1S/C23H19Cl4N3O3.C15H17Cl2N3.C8H2Cl2O3.C8H15N3.C7H4Cl2O/c1-11(2)30-10-28-18-6-7-29(20(21(18)30)12-4-3-5-15(24)19(12)27)22(31)13-8-16(25)17(26)9-14(13)23(32)33;1-9(2)20-8-19-12-6-7-18-14(15(12)20)10-4-3-5-11(16)13(10)17;9-5-1-3-4(2-6(5)10)8(12)13-7(3)11;1-7(2)11-5-8(3-4-9)10-6-11;8-6-3-1-2-5(4-10)7(6)9/h3-5,8-11,20H,6-7H2,1-2H3,(H,32,33);3-5,8-9,14,18H,6-7H2,1-2H3;1-2H;5-7H,3-4,9H2,1-2H3;1-4H. The van der Waals surface area contributed by atoms with E-state index >= 15 is 0 Å². The Labute approximate surface area is 552 Å². The summed E-state index contributed by atoms with van der Waals surface area (Å²) >= 11 is 60.2. The van der Waals surface area contributed by atoms with E-state index < -0.39 is 29.9 Å². The number of cyclic esters (lactones) is 2. The average molecular weight is 1380 g/mol. The average Bonchev–Trinajstić information content (AvgIpc) is 1.84. The van der Waals surface area contributed by atoms with Crippen LogP contribution in [0.5, 0.6) is 0 Å². The van der Waals surface area contributed by atoms with Crippen molar-refractivity contribution in [2.75, 3.05) is 19.6 Å². The van der Waals surface area contributed by atoms with Gasteiger partial charge in [-0.25, -0.2) is 29.3 Å². The van der Waals surface area contributed by atoms with Crippen molar-refractivity contribution in [3.05, 3.63) is 222 Å². The molecule has 2 atom stereocenters. The number of ether oxygens (including phenoxy) is 1. The van der Waals surface area contributed by atoms with Crippen molar-refractivity contribution >= 4 is 146 Å². The fraction of sp³-hybridized carbons (Fsp3) is 0.279. The zero-order valence-electron chi connectivity index (χ0n) is 47.4. The van der Waals surface area contributed by atoms with E-state index in [1.165, 1.54) is 30.0 Å². The van der Waals surface area contributed by atoms with Gasteiger partial charge in [-0.15, -0.1) is 0 Å². The Bertz CT molecular complexity index is 3830. The molecule has 2 unspecified atom stereocenters. The first kappa shape index (κ1) is 68.8. The van der Waals surface area contributed by atoms with Crippen LogP contribution in [0.3, 0.4) is 0 Å². The minimum Gasteiger partial charge on any atom is -0.478 e. The maximum atomic E-state index is 13.8.